The second-order valence-corrected chi connectivity index (χ2v) is 4.83. The molecule has 0 saturated carbocycles. The molecule has 0 aromatic carbocycles. The quantitative estimate of drug-likeness (QED) is 0.787. The minimum Gasteiger partial charge on any atom is -0.372 e. The number of anilines is 2. The molecule has 0 atom stereocenters. The van der Waals surface area contributed by atoms with Gasteiger partial charge in [0.25, 0.3) is 0 Å². The van der Waals surface area contributed by atoms with Gasteiger partial charge in [-0.1, -0.05) is 23.2 Å². The van der Waals surface area contributed by atoms with Gasteiger partial charge in [-0.2, -0.15) is 0 Å². The normalized spacial score (nSPS) is 11.1. The molecule has 4 N–H and O–H groups in total. The van der Waals surface area contributed by atoms with Gasteiger partial charge in [0.1, 0.15) is 17.2 Å². The summed E-state index contributed by atoms with van der Waals surface area (Å²) in [5.74, 6) is 0.319. The third-order valence-corrected chi connectivity index (χ3v) is 2.79. The van der Waals surface area contributed by atoms with Crippen molar-refractivity contribution < 1.29 is 4.79 Å². The van der Waals surface area contributed by atoms with Crippen molar-refractivity contribution in [3.63, 3.8) is 0 Å². The fraction of sp³-hybridized carbons (Fsp3) is 0.400. The van der Waals surface area contributed by atoms with E-state index in [0.717, 1.165) is 0 Å². The molecule has 17 heavy (non-hydrogen) atoms. The lowest BCUT2D eigenvalue weighted by atomic mass is 10.1. The largest absolute Gasteiger partial charge is 0.372 e. The number of halogens is 2. The number of hydrogen-bond acceptors (Lipinski definition) is 4. The summed E-state index contributed by atoms with van der Waals surface area (Å²) in [6.45, 7) is 3.28. The van der Waals surface area contributed by atoms with Gasteiger partial charge in [0.15, 0.2) is 0 Å². The standard InChI is InChI=1S/C10H14Cl2N4O/c1-10(2,9(13)17)16-8-6(12)4-5(11)7(14-3)15-8/h4H,1-3H3,(H2,13,17)(H2,14,15,16). The molecule has 0 radical (unpaired) electrons. The van der Waals surface area contributed by atoms with Crippen molar-refractivity contribution in [1.29, 1.82) is 0 Å². The topological polar surface area (TPSA) is 80.0 Å². The molecule has 0 spiro atoms. The maximum absolute atomic E-state index is 11.2. The van der Waals surface area contributed by atoms with Gasteiger partial charge >= 0.3 is 0 Å². The van der Waals surface area contributed by atoms with Crippen molar-refractivity contribution in [3.8, 4) is 0 Å². The highest BCUT2D eigenvalue weighted by atomic mass is 35.5. The molecule has 0 aliphatic heterocycles. The van der Waals surface area contributed by atoms with Crippen LogP contribution in [0.2, 0.25) is 10.0 Å². The molecule has 1 heterocycles. The fourth-order valence-electron chi connectivity index (χ4n) is 1.09. The third-order valence-electron chi connectivity index (χ3n) is 2.21. The number of primary amides is 1. The molecule has 1 rings (SSSR count). The Morgan fingerprint density at radius 2 is 1.88 bits per heavy atom. The number of amides is 1. The van der Waals surface area contributed by atoms with Crippen LogP contribution >= 0.6 is 23.2 Å². The molecule has 0 saturated heterocycles. The van der Waals surface area contributed by atoms with Crippen LogP contribution in [0.15, 0.2) is 6.07 Å². The molecule has 1 aromatic rings. The van der Waals surface area contributed by atoms with Crippen molar-refractivity contribution >= 4 is 40.7 Å². The lowest BCUT2D eigenvalue weighted by Crippen LogP contribution is -2.45. The Bertz CT molecular complexity index is 448. The molecular weight excluding hydrogens is 263 g/mol. The van der Waals surface area contributed by atoms with Gasteiger partial charge in [-0.15, -0.1) is 0 Å². The van der Waals surface area contributed by atoms with Crippen LogP contribution in [0, 0.1) is 0 Å². The van der Waals surface area contributed by atoms with Crippen molar-refractivity contribution in [2.45, 2.75) is 19.4 Å². The molecule has 7 heteroatoms. The minimum atomic E-state index is -0.949. The highest BCUT2D eigenvalue weighted by Gasteiger charge is 2.26. The molecular formula is C10H14Cl2N4O. The van der Waals surface area contributed by atoms with Gasteiger partial charge in [-0.3, -0.25) is 4.79 Å². The van der Waals surface area contributed by atoms with Crippen LogP contribution in [-0.2, 0) is 4.79 Å². The van der Waals surface area contributed by atoms with Crippen LogP contribution in [0.5, 0.6) is 0 Å². The summed E-state index contributed by atoms with van der Waals surface area (Å²) in [6.07, 6.45) is 0. The van der Waals surface area contributed by atoms with Crippen LogP contribution in [0.25, 0.3) is 0 Å². The summed E-state index contributed by atoms with van der Waals surface area (Å²) in [4.78, 5) is 15.4. The van der Waals surface area contributed by atoms with E-state index >= 15 is 0 Å². The van der Waals surface area contributed by atoms with Gasteiger partial charge < -0.3 is 16.4 Å². The van der Waals surface area contributed by atoms with E-state index in [1.807, 2.05) is 0 Å². The highest BCUT2D eigenvalue weighted by Crippen LogP contribution is 2.30. The van der Waals surface area contributed by atoms with Crippen LogP contribution in [0.3, 0.4) is 0 Å². The zero-order valence-electron chi connectivity index (χ0n) is 9.77. The van der Waals surface area contributed by atoms with E-state index in [1.54, 1.807) is 27.0 Å². The van der Waals surface area contributed by atoms with E-state index in [9.17, 15) is 4.79 Å². The van der Waals surface area contributed by atoms with Gasteiger partial charge in [-0.25, -0.2) is 4.98 Å². The van der Waals surface area contributed by atoms with Crippen LogP contribution in [-0.4, -0.2) is 23.5 Å². The number of hydrogen-bond donors (Lipinski definition) is 3. The number of carbonyl (C=O) groups excluding carboxylic acids is 1. The number of pyridine rings is 1. The highest BCUT2D eigenvalue weighted by molar-refractivity contribution is 6.37. The fourth-order valence-corrected chi connectivity index (χ4v) is 1.59. The molecule has 0 aliphatic rings. The van der Waals surface area contributed by atoms with Gasteiger partial charge in [-0.05, 0) is 19.9 Å². The van der Waals surface area contributed by atoms with Crippen LogP contribution < -0.4 is 16.4 Å². The Balaban J connectivity index is 3.11. The SMILES string of the molecule is CNc1nc(NC(C)(C)C(N)=O)c(Cl)cc1Cl. The number of aromatic nitrogens is 1. The lowest BCUT2D eigenvalue weighted by molar-refractivity contribution is -0.121. The Morgan fingerprint density at radius 1 is 1.35 bits per heavy atom. The van der Waals surface area contributed by atoms with Gasteiger partial charge in [0.05, 0.1) is 10.0 Å². The smallest absolute Gasteiger partial charge is 0.242 e. The van der Waals surface area contributed by atoms with E-state index < -0.39 is 11.4 Å². The van der Waals surface area contributed by atoms with E-state index in [2.05, 4.69) is 15.6 Å². The maximum atomic E-state index is 11.2. The predicted molar refractivity (Wildman–Crippen MR) is 70.7 cm³/mol. The molecule has 0 bridgehead atoms. The van der Waals surface area contributed by atoms with Crippen molar-refractivity contribution in [1.82, 2.24) is 4.98 Å². The lowest BCUT2D eigenvalue weighted by Gasteiger charge is -2.24. The number of nitrogens with zero attached hydrogens (tertiary/aromatic N) is 1. The summed E-state index contributed by atoms with van der Waals surface area (Å²) < 4.78 is 0. The molecule has 1 amide bonds. The summed E-state index contributed by atoms with van der Waals surface area (Å²) in [6, 6.07) is 1.54. The second kappa shape index (κ2) is 4.98. The molecule has 1 aromatic heterocycles. The van der Waals surface area contributed by atoms with Gasteiger partial charge in [0.2, 0.25) is 5.91 Å². The van der Waals surface area contributed by atoms with Gasteiger partial charge in [0, 0.05) is 7.05 Å². The Kier molecular flexibility index (Phi) is 4.06. The van der Waals surface area contributed by atoms with E-state index in [0.29, 0.717) is 21.7 Å². The Labute approximate surface area is 110 Å². The summed E-state index contributed by atoms with van der Waals surface area (Å²) in [5.41, 5.74) is 4.31. The predicted octanol–water partition coefficient (Wildman–Crippen LogP) is 2.11. The van der Waals surface area contributed by atoms with E-state index in [4.69, 9.17) is 28.9 Å². The molecule has 94 valence electrons. The minimum absolute atomic E-state index is 0.323. The first kappa shape index (κ1) is 13.9. The second-order valence-electron chi connectivity index (χ2n) is 4.01. The first-order valence-electron chi connectivity index (χ1n) is 4.90. The summed E-state index contributed by atoms with van der Waals surface area (Å²) >= 11 is 11.9. The van der Waals surface area contributed by atoms with Crippen LogP contribution in [0.4, 0.5) is 11.6 Å². The average molecular weight is 277 g/mol. The molecule has 0 fully saturated rings. The Morgan fingerprint density at radius 3 is 2.35 bits per heavy atom. The monoisotopic (exact) mass is 276 g/mol. The van der Waals surface area contributed by atoms with Crippen molar-refractivity contribution in [3.05, 3.63) is 16.1 Å². The zero-order chi connectivity index (χ0) is 13.2. The first-order chi connectivity index (χ1) is 7.77. The van der Waals surface area contributed by atoms with Crippen molar-refractivity contribution in [2.75, 3.05) is 17.7 Å². The van der Waals surface area contributed by atoms with E-state index in [1.165, 1.54) is 0 Å². The number of nitrogens with one attached hydrogen (secondary N) is 2. The average Bonchev–Trinajstić information content (AvgIpc) is 2.21. The third kappa shape index (κ3) is 3.14. The number of nitrogens with two attached hydrogens (primary N) is 1. The zero-order valence-corrected chi connectivity index (χ0v) is 11.3. The number of rotatable bonds is 4. The first-order valence-corrected chi connectivity index (χ1v) is 5.65. The molecule has 0 aliphatic carbocycles. The summed E-state index contributed by atoms with van der Waals surface area (Å²) in [7, 11) is 1.69. The molecule has 5 nitrogen and oxygen atoms in total. The maximum Gasteiger partial charge on any atom is 0.242 e. The van der Waals surface area contributed by atoms with Crippen molar-refractivity contribution in [2.24, 2.45) is 5.73 Å². The summed E-state index contributed by atoms with van der Waals surface area (Å²) in [5, 5.41) is 6.42. The number of carbonyl (C=O) groups is 1. The van der Waals surface area contributed by atoms with E-state index in [-0.39, 0.29) is 0 Å². The van der Waals surface area contributed by atoms with Crippen LogP contribution in [0.1, 0.15) is 13.8 Å². The Hall–Kier alpha value is -1.20. The molecule has 0 unspecified atom stereocenters.